The fourth-order valence-corrected chi connectivity index (χ4v) is 2.37. The molecule has 0 aliphatic carbocycles. The van der Waals surface area contributed by atoms with Gasteiger partial charge in [-0.2, -0.15) is 5.10 Å². The second kappa shape index (κ2) is 8.19. The van der Waals surface area contributed by atoms with E-state index in [2.05, 4.69) is 15.8 Å². The molecule has 0 atom stereocenters. The molecule has 2 N–H and O–H groups in total. The van der Waals surface area contributed by atoms with Gasteiger partial charge in [-0.05, 0) is 6.42 Å². The van der Waals surface area contributed by atoms with Crippen LogP contribution < -0.4 is 25.0 Å². The molecule has 0 saturated heterocycles. The maximum absolute atomic E-state index is 12.0. The van der Waals surface area contributed by atoms with Gasteiger partial charge in [-0.1, -0.05) is 0 Å². The summed E-state index contributed by atoms with van der Waals surface area (Å²) < 4.78 is 15.9. The Morgan fingerprint density at radius 1 is 1.17 bits per heavy atom. The summed E-state index contributed by atoms with van der Waals surface area (Å²) in [6.45, 7) is 0.380. The van der Waals surface area contributed by atoms with E-state index >= 15 is 0 Å². The van der Waals surface area contributed by atoms with Gasteiger partial charge in [-0.25, -0.2) is 5.43 Å². The van der Waals surface area contributed by atoms with Crippen molar-refractivity contribution in [1.82, 2.24) is 10.7 Å². The molecule has 0 fully saturated rings. The molecule has 0 unspecified atom stereocenters. The van der Waals surface area contributed by atoms with Crippen LogP contribution in [0.25, 0.3) is 0 Å². The minimum atomic E-state index is -0.290. The summed E-state index contributed by atoms with van der Waals surface area (Å²) >= 11 is 0. The van der Waals surface area contributed by atoms with Crippen LogP contribution in [0.5, 0.6) is 17.2 Å². The first-order valence-corrected chi connectivity index (χ1v) is 7.51. The monoisotopic (exact) mass is 335 g/mol. The van der Waals surface area contributed by atoms with E-state index in [0.717, 1.165) is 5.56 Å². The highest BCUT2D eigenvalue weighted by molar-refractivity contribution is 6.39. The van der Waals surface area contributed by atoms with E-state index in [-0.39, 0.29) is 18.2 Å². The van der Waals surface area contributed by atoms with Crippen LogP contribution >= 0.6 is 0 Å². The van der Waals surface area contributed by atoms with Crippen molar-refractivity contribution in [2.24, 2.45) is 5.10 Å². The number of benzene rings is 1. The van der Waals surface area contributed by atoms with Crippen molar-refractivity contribution in [3.8, 4) is 17.2 Å². The first kappa shape index (κ1) is 17.6. The molecule has 1 aliphatic rings. The summed E-state index contributed by atoms with van der Waals surface area (Å²) in [6.07, 6.45) is 1.13. The van der Waals surface area contributed by atoms with Gasteiger partial charge in [-0.15, -0.1) is 0 Å². The minimum absolute atomic E-state index is 0.181. The number of nitrogens with zero attached hydrogens (tertiary/aromatic N) is 1. The van der Waals surface area contributed by atoms with E-state index in [4.69, 9.17) is 14.2 Å². The molecule has 1 aromatic rings. The molecule has 2 amide bonds. The van der Waals surface area contributed by atoms with Gasteiger partial charge in [0.1, 0.15) is 23.0 Å². The number of rotatable bonds is 7. The molecule has 0 spiro atoms. The lowest BCUT2D eigenvalue weighted by molar-refractivity contribution is -0.121. The minimum Gasteiger partial charge on any atom is -0.496 e. The first-order chi connectivity index (χ1) is 11.6. The molecule has 0 bridgehead atoms. The quantitative estimate of drug-likeness (QED) is 0.762. The third-order valence-corrected chi connectivity index (χ3v) is 3.64. The van der Waals surface area contributed by atoms with Crippen LogP contribution in [0.15, 0.2) is 17.2 Å². The van der Waals surface area contributed by atoms with E-state index in [9.17, 15) is 9.59 Å². The maximum atomic E-state index is 12.0. The van der Waals surface area contributed by atoms with Crippen molar-refractivity contribution in [2.45, 2.75) is 19.3 Å². The zero-order chi connectivity index (χ0) is 17.5. The Bertz CT molecular complexity index is 632. The lowest BCUT2D eigenvalue weighted by Gasteiger charge is -2.16. The van der Waals surface area contributed by atoms with Gasteiger partial charge in [0, 0.05) is 37.1 Å². The van der Waals surface area contributed by atoms with E-state index in [1.54, 1.807) is 33.5 Å². The Hall–Kier alpha value is -2.77. The molecule has 0 radical (unpaired) electrons. The maximum Gasteiger partial charge on any atom is 0.267 e. The predicted octanol–water partition coefficient (Wildman–Crippen LogP) is 0.637. The summed E-state index contributed by atoms with van der Waals surface area (Å²) in [5.41, 5.74) is 3.46. The van der Waals surface area contributed by atoms with Gasteiger partial charge in [-0.3, -0.25) is 9.59 Å². The van der Waals surface area contributed by atoms with E-state index in [1.807, 2.05) is 0 Å². The smallest absolute Gasteiger partial charge is 0.267 e. The fraction of sp³-hybridized carbons (Fsp3) is 0.438. The molecule has 8 nitrogen and oxygen atoms in total. The number of hydrogen-bond donors (Lipinski definition) is 2. The van der Waals surface area contributed by atoms with Crippen molar-refractivity contribution in [3.63, 3.8) is 0 Å². The average Bonchev–Trinajstić information content (AvgIpc) is 2.61. The van der Waals surface area contributed by atoms with Crippen LogP contribution in [-0.2, 0) is 16.0 Å². The van der Waals surface area contributed by atoms with Crippen molar-refractivity contribution in [1.29, 1.82) is 0 Å². The lowest BCUT2D eigenvalue weighted by atomic mass is 10.1. The summed E-state index contributed by atoms with van der Waals surface area (Å²) in [5.74, 6) is 1.41. The van der Waals surface area contributed by atoms with E-state index < -0.39 is 0 Å². The molecule has 8 heteroatoms. The predicted molar refractivity (Wildman–Crippen MR) is 87.6 cm³/mol. The normalized spacial score (nSPS) is 13.6. The zero-order valence-corrected chi connectivity index (χ0v) is 14.0. The van der Waals surface area contributed by atoms with Crippen molar-refractivity contribution in [2.75, 3.05) is 27.9 Å². The number of carbonyl (C=O) groups is 2. The van der Waals surface area contributed by atoms with E-state index in [1.165, 1.54) is 0 Å². The molecular weight excluding hydrogens is 314 g/mol. The largest absolute Gasteiger partial charge is 0.496 e. The highest BCUT2D eigenvalue weighted by Crippen LogP contribution is 2.34. The zero-order valence-electron chi connectivity index (χ0n) is 14.0. The van der Waals surface area contributed by atoms with Gasteiger partial charge in [0.2, 0.25) is 5.91 Å². The highest BCUT2D eigenvalue weighted by Gasteiger charge is 2.18. The van der Waals surface area contributed by atoms with Crippen LogP contribution in [0.2, 0.25) is 0 Å². The molecule has 1 aliphatic heterocycles. The first-order valence-electron chi connectivity index (χ1n) is 7.51. The van der Waals surface area contributed by atoms with Crippen LogP contribution in [0.1, 0.15) is 18.4 Å². The molecule has 1 heterocycles. The SMILES string of the molecule is COc1cc(OC)c(CCNC(=O)C2=NNC(=O)CC2)c(OC)c1. The molecular formula is C16H21N3O5. The van der Waals surface area contributed by atoms with Crippen molar-refractivity contribution in [3.05, 3.63) is 17.7 Å². The highest BCUT2D eigenvalue weighted by atomic mass is 16.5. The lowest BCUT2D eigenvalue weighted by Crippen LogP contribution is -2.37. The van der Waals surface area contributed by atoms with Gasteiger partial charge >= 0.3 is 0 Å². The fourth-order valence-electron chi connectivity index (χ4n) is 2.37. The third-order valence-electron chi connectivity index (χ3n) is 3.64. The van der Waals surface area contributed by atoms with E-state index in [0.29, 0.717) is 42.3 Å². The summed E-state index contributed by atoms with van der Waals surface area (Å²) in [7, 11) is 4.70. The van der Waals surface area contributed by atoms with Crippen LogP contribution in [0.4, 0.5) is 0 Å². The average molecular weight is 335 g/mol. The van der Waals surface area contributed by atoms with Gasteiger partial charge < -0.3 is 19.5 Å². The molecule has 24 heavy (non-hydrogen) atoms. The summed E-state index contributed by atoms with van der Waals surface area (Å²) in [6, 6.07) is 3.53. The number of methoxy groups -OCH3 is 3. The Balaban J connectivity index is 2.01. The molecule has 130 valence electrons. The summed E-state index contributed by atoms with van der Waals surface area (Å²) in [4.78, 5) is 23.1. The Kier molecular flexibility index (Phi) is 6.00. The molecule has 0 aromatic heterocycles. The van der Waals surface area contributed by atoms with Gasteiger partial charge in [0.25, 0.3) is 5.91 Å². The van der Waals surface area contributed by atoms with Gasteiger partial charge in [0.05, 0.1) is 21.3 Å². The van der Waals surface area contributed by atoms with Crippen molar-refractivity contribution < 1.29 is 23.8 Å². The second-order valence-corrected chi connectivity index (χ2v) is 5.11. The number of carbonyl (C=O) groups excluding carboxylic acids is 2. The number of hydrazone groups is 1. The number of nitrogens with one attached hydrogen (secondary N) is 2. The molecule has 1 aromatic carbocycles. The van der Waals surface area contributed by atoms with Crippen LogP contribution in [0, 0.1) is 0 Å². The van der Waals surface area contributed by atoms with Gasteiger partial charge in [0.15, 0.2) is 0 Å². The molecule has 2 rings (SSSR count). The Labute approximate surface area is 140 Å². The number of amides is 2. The Morgan fingerprint density at radius 2 is 1.83 bits per heavy atom. The number of hydrogen-bond acceptors (Lipinski definition) is 6. The van der Waals surface area contributed by atoms with Crippen molar-refractivity contribution >= 4 is 17.5 Å². The Morgan fingerprint density at radius 3 is 2.33 bits per heavy atom. The summed E-state index contributed by atoms with van der Waals surface area (Å²) in [5, 5.41) is 6.55. The topological polar surface area (TPSA) is 98.3 Å². The second-order valence-electron chi connectivity index (χ2n) is 5.11. The van der Waals surface area contributed by atoms with Crippen LogP contribution in [-0.4, -0.2) is 45.4 Å². The van der Waals surface area contributed by atoms with Crippen LogP contribution in [0.3, 0.4) is 0 Å². The number of ether oxygens (including phenoxy) is 3. The third kappa shape index (κ3) is 4.15. The molecule has 0 saturated carbocycles. The standard InChI is InChI=1S/C16H21N3O5/c1-22-10-8-13(23-2)11(14(9-10)24-3)6-7-17-16(21)12-4-5-15(20)19-18-12/h8-9H,4-7H2,1-3H3,(H,17,21)(H,19,20).